The lowest BCUT2D eigenvalue weighted by molar-refractivity contribution is -0.0415. The molecule has 31 heavy (non-hydrogen) atoms. The summed E-state index contributed by atoms with van der Waals surface area (Å²) in [6, 6.07) is 0. The van der Waals surface area contributed by atoms with E-state index in [2.05, 4.69) is 67.7 Å². The van der Waals surface area contributed by atoms with Gasteiger partial charge in [-0.15, -0.1) is 0 Å². The van der Waals surface area contributed by atoms with Crippen molar-refractivity contribution < 1.29 is 18.0 Å². The van der Waals surface area contributed by atoms with Crippen molar-refractivity contribution in [1.82, 2.24) is 9.55 Å². The Morgan fingerprint density at radius 1 is 1.10 bits per heavy atom. The number of rotatable bonds is 6. The van der Waals surface area contributed by atoms with E-state index in [0.29, 0.717) is 13.0 Å². The van der Waals surface area contributed by atoms with E-state index in [-0.39, 0.29) is 16.2 Å². The summed E-state index contributed by atoms with van der Waals surface area (Å²) in [5.74, 6) is -1.02. The topological polar surface area (TPSA) is 82.5 Å². The van der Waals surface area contributed by atoms with Gasteiger partial charge >= 0.3 is 5.69 Å². The number of H-pyrrole nitrogens is 1. The summed E-state index contributed by atoms with van der Waals surface area (Å²) in [6.07, 6.45) is -0.134. The van der Waals surface area contributed by atoms with Crippen LogP contribution in [0.4, 0.5) is 4.39 Å². The van der Waals surface area contributed by atoms with E-state index in [1.165, 1.54) is 0 Å². The molecular formula is C21H39FN2O5Si2. The molecule has 10 heteroatoms. The number of ether oxygens (including phenoxy) is 1. The molecule has 1 saturated heterocycles. The van der Waals surface area contributed by atoms with Crippen LogP contribution < -0.4 is 11.2 Å². The summed E-state index contributed by atoms with van der Waals surface area (Å²) in [5, 5.41) is 0.0383. The minimum absolute atomic E-state index is 0.00312. The highest BCUT2D eigenvalue weighted by atomic mass is 28.4. The zero-order chi connectivity index (χ0) is 24.0. The van der Waals surface area contributed by atoms with Gasteiger partial charge in [0.2, 0.25) is 5.82 Å². The molecule has 2 rings (SSSR count). The van der Waals surface area contributed by atoms with Gasteiger partial charge in [0.25, 0.3) is 5.56 Å². The summed E-state index contributed by atoms with van der Waals surface area (Å²) < 4.78 is 34.2. The maximum Gasteiger partial charge on any atom is 0.330 e. The van der Waals surface area contributed by atoms with E-state index in [9.17, 15) is 14.0 Å². The highest BCUT2D eigenvalue weighted by molar-refractivity contribution is 6.74. The van der Waals surface area contributed by atoms with Gasteiger partial charge in [-0.2, -0.15) is 4.39 Å². The van der Waals surface area contributed by atoms with Gasteiger partial charge in [-0.05, 0) is 36.3 Å². The van der Waals surface area contributed by atoms with Crippen LogP contribution in [0.5, 0.6) is 0 Å². The van der Waals surface area contributed by atoms with E-state index < -0.39 is 46.0 Å². The normalized spacial score (nSPS) is 23.4. The molecule has 1 aliphatic heterocycles. The van der Waals surface area contributed by atoms with Crippen molar-refractivity contribution >= 4 is 16.6 Å². The molecule has 1 aromatic heterocycles. The molecular weight excluding hydrogens is 435 g/mol. The Labute approximate surface area is 186 Å². The molecule has 2 heterocycles. The van der Waals surface area contributed by atoms with Crippen LogP contribution in [0.2, 0.25) is 36.3 Å². The molecule has 0 saturated carbocycles. The standard InChI is InChI=1S/C21H39FN2O5Si2/c1-20(2,3)30(7,8)27-13-16-15(29-31(9,10)21(4,5)6)11-17(28-16)24-12-14(22)18(25)23-19(24)26/h12,15-17H,11,13H2,1-10H3,(H,23,25,26)/t15-,16+,17+/m0/s1. The number of hydrogen-bond donors (Lipinski definition) is 1. The van der Waals surface area contributed by atoms with E-state index in [4.69, 9.17) is 13.6 Å². The zero-order valence-electron chi connectivity index (χ0n) is 20.6. The van der Waals surface area contributed by atoms with Crippen molar-refractivity contribution in [2.75, 3.05) is 6.61 Å². The molecule has 0 radical (unpaired) electrons. The van der Waals surface area contributed by atoms with Gasteiger partial charge in [-0.1, -0.05) is 41.5 Å². The third-order valence-electron chi connectivity index (χ3n) is 7.08. The fourth-order valence-electron chi connectivity index (χ4n) is 2.88. The monoisotopic (exact) mass is 474 g/mol. The second-order valence-electron chi connectivity index (χ2n) is 11.5. The predicted molar refractivity (Wildman–Crippen MR) is 125 cm³/mol. The fraction of sp³-hybridized carbons (Fsp3) is 0.810. The van der Waals surface area contributed by atoms with Crippen LogP contribution in [0.3, 0.4) is 0 Å². The first-order valence-corrected chi connectivity index (χ1v) is 16.7. The summed E-state index contributed by atoms with van der Waals surface area (Å²) in [4.78, 5) is 25.7. The van der Waals surface area contributed by atoms with Crippen molar-refractivity contribution in [1.29, 1.82) is 0 Å². The molecule has 1 fully saturated rings. The van der Waals surface area contributed by atoms with Crippen molar-refractivity contribution in [3.63, 3.8) is 0 Å². The Bertz CT molecular complexity index is 899. The van der Waals surface area contributed by atoms with Crippen LogP contribution >= 0.6 is 0 Å². The largest absolute Gasteiger partial charge is 0.414 e. The van der Waals surface area contributed by atoms with Crippen LogP contribution in [-0.2, 0) is 13.6 Å². The molecule has 1 aliphatic rings. The number of aromatic nitrogens is 2. The summed E-state index contributed by atoms with van der Waals surface area (Å²) >= 11 is 0. The first-order valence-electron chi connectivity index (χ1n) is 10.8. The summed E-state index contributed by atoms with van der Waals surface area (Å²) in [6.45, 7) is 22.0. The fourth-order valence-corrected chi connectivity index (χ4v) is 5.25. The van der Waals surface area contributed by atoms with Gasteiger partial charge in [-0.25, -0.2) is 4.79 Å². The van der Waals surface area contributed by atoms with Gasteiger partial charge < -0.3 is 13.6 Å². The second-order valence-corrected chi connectivity index (χ2v) is 21.1. The molecule has 0 spiro atoms. The Hall–Kier alpha value is -1.08. The highest BCUT2D eigenvalue weighted by Gasteiger charge is 2.46. The highest BCUT2D eigenvalue weighted by Crippen LogP contribution is 2.42. The van der Waals surface area contributed by atoms with Gasteiger partial charge in [0.15, 0.2) is 16.6 Å². The lowest BCUT2D eigenvalue weighted by atomic mass is 10.2. The van der Waals surface area contributed by atoms with Crippen LogP contribution in [0.1, 0.15) is 54.2 Å². The molecule has 0 unspecified atom stereocenters. The number of nitrogens with one attached hydrogen (secondary N) is 1. The molecule has 1 N–H and O–H groups in total. The molecule has 0 aromatic carbocycles. The number of aromatic amines is 1. The molecule has 1 aromatic rings. The Kier molecular flexibility index (Phi) is 7.34. The average Bonchev–Trinajstić information content (AvgIpc) is 2.96. The van der Waals surface area contributed by atoms with Gasteiger partial charge in [0.05, 0.1) is 18.9 Å². The molecule has 3 atom stereocenters. The maximum absolute atomic E-state index is 13.9. The van der Waals surface area contributed by atoms with E-state index in [1.807, 2.05) is 4.98 Å². The maximum atomic E-state index is 13.9. The van der Waals surface area contributed by atoms with Crippen molar-refractivity contribution in [3.05, 3.63) is 32.9 Å². The minimum atomic E-state index is -2.13. The predicted octanol–water partition coefficient (Wildman–Crippen LogP) is 4.38. The van der Waals surface area contributed by atoms with E-state index in [0.717, 1.165) is 10.8 Å². The van der Waals surface area contributed by atoms with Crippen molar-refractivity contribution in [2.45, 2.75) is 103 Å². The minimum Gasteiger partial charge on any atom is -0.414 e. The van der Waals surface area contributed by atoms with E-state index >= 15 is 0 Å². The Morgan fingerprint density at radius 3 is 2.16 bits per heavy atom. The molecule has 178 valence electrons. The first kappa shape index (κ1) is 26.2. The smallest absolute Gasteiger partial charge is 0.330 e. The van der Waals surface area contributed by atoms with Crippen LogP contribution in [0.25, 0.3) is 0 Å². The average molecular weight is 475 g/mol. The third-order valence-corrected chi connectivity index (χ3v) is 16.1. The van der Waals surface area contributed by atoms with E-state index in [1.54, 1.807) is 0 Å². The first-order chi connectivity index (χ1) is 13.9. The summed E-state index contributed by atoms with van der Waals surface area (Å²) in [5.41, 5.74) is -1.74. The number of hydrogen-bond acceptors (Lipinski definition) is 5. The van der Waals surface area contributed by atoms with Gasteiger partial charge in [0, 0.05) is 6.42 Å². The SMILES string of the molecule is CC(C)(C)[Si](C)(C)OC[C@H]1O[C@@H](n2cc(F)c(=O)[nH]c2=O)C[C@@H]1O[Si](C)(C)C(C)(C)C. The lowest BCUT2D eigenvalue weighted by Crippen LogP contribution is -2.48. The van der Waals surface area contributed by atoms with Crippen molar-refractivity contribution in [3.8, 4) is 0 Å². The summed E-state index contributed by atoms with van der Waals surface area (Å²) in [7, 11) is -4.16. The second kappa shape index (κ2) is 8.70. The number of nitrogens with zero attached hydrogens (tertiary/aromatic N) is 1. The Balaban J connectivity index is 2.32. The zero-order valence-corrected chi connectivity index (χ0v) is 22.6. The van der Waals surface area contributed by atoms with Crippen molar-refractivity contribution in [2.24, 2.45) is 0 Å². The van der Waals surface area contributed by atoms with Crippen LogP contribution in [-0.4, -0.2) is 45.0 Å². The van der Waals surface area contributed by atoms with Crippen LogP contribution in [0, 0.1) is 5.82 Å². The Morgan fingerprint density at radius 2 is 1.65 bits per heavy atom. The quantitative estimate of drug-likeness (QED) is 0.619. The van der Waals surface area contributed by atoms with Gasteiger partial charge in [0.1, 0.15) is 12.3 Å². The molecule has 7 nitrogen and oxygen atoms in total. The lowest BCUT2D eigenvalue weighted by Gasteiger charge is -2.40. The molecule has 0 aliphatic carbocycles. The third kappa shape index (κ3) is 5.84. The van der Waals surface area contributed by atoms with Crippen LogP contribution in [0.15, 0.2) is 15.8 Å². The number of halogens is 1. The van der Waals surface area contributed by atoms with Gasteiger partial charge in [-0.3, -0.25) is 14.3 Å². The molecule has 0 amide bonds. The molecule has 0 bridgehead atoms.